The van der Waals surface area contributed by atoms with E-state index in [0.29, 0.717) is 11.4 Å². The van der Waals surface area contributed by atoms with Crippen molar-refractivity contribution in [3.05, 3.63) is 59.3 Å². The van der Waals surface area contributed by atoms with Gasteiger partial charge in [0, 0.05) is 25.3 Å². The molecule has 9 heteroatoms. The van der Waals surface area contributed by atoms with Gasteiger partial charge in [-0.2, -0.15) is 0 Å². The number of benzene rings is 2. The van der Waals surface area contributed by atoms with Crippen molar-refractivity contribution in [1.82, 2.24) is 14.9 Å². The van der Waals surface area contributed by atoms with Gasteiger partial charge >= 0.3 is 0 Å². The van der Waals surface area contributed by atoms with Crippen molar-refractivity contribution in [1.29, 1.82) is 0 Å². The second-order valence-electron chi connectivity index (χ2n) is 6.08. The zero-order valence-electron chi connectivity index (χ0n) is 14.2. The summed E-state index contributed by atoms with van der Waals surface area (Å²) in [4.78, 5) is 2.06. The zero-order chi connectivity index (χ0) is 18.3. The minimum Gasteiger partial charge on any atom is -0.733 e. The molecule has 1 aliphatic heterocycles. The van der Waals surface area contributed by atoms with E-state index >= 15 is 0 Å². The molecule has 1 aromatic heterocycles. The second kappa shape index (κ2) is 6.52. The van der Waals surface area contributed by atoms with Crippen LogP contribution in [0.3, 0.4) is 0 Å². The van der Waals surface area contributed by atoms with Crippen molar-refractivity contribution in [3.8, 4) is 11.4 Å². The molecular formula is C17H17N6O2S-. The normalized spacial score (nSPS) is 15.5. The van der Waals surface area contributed by atoms with Gasteiger partial charge in [0.25, 0.3) is 0 Å². The van der Waals surface area contributed by atoms with Crippen molar-refractivity contribution in [2.45, 2.75) is 10.5 Å². The van der Waals surface area contributed by atoms with Gasteiger partial charge in [-0.1, -0.05) is 36.0 Å². The van der Waals surface area contributed by atoms with Gasteiger partial charge in [-0.05, 0) is 29.8 Å². The van der Waals surface area contributed by atoms with Crippen LogP contribution in [-0.4, -0.2) is 34.2 Å². The Bertz CT molecular complexity index is 925. The molecule has 0 fully saturated rings. The fraction of sp³-hybridized carbons (Fsp3) is 0.176. The molecule has 0 spiro atoms. The van der Waals surface area contributed by atoms with Crippen LogP contribution in [0.4, 0.5) is 11.4 Å². The average Bonchev–Trinajstić information content (AvgIpc) is 3.22. The third-order valence-electron chi connectivity index (χ3n) is 4.14. The summed E-state index contributed by atoms with van der Waals surface area (Å²) in [5.74, 6) is 0.587. The first-order chi connectivity index (χ1) is 12.5. The number of nitrogens with one attached hydrogen (secondary N) is 1. The summed E-state index contributed by atoms with van der Waals surface area (Å²) in [5.41, 5.74) is 6.48. The molecule has 8 nitrogen and oxygen atoms in total. The summed E-state index contributed by atoms with van der Waals surface area (Å²) in [5, 5.41) is 29.2. The Labute approximate surface area is 154 Å². The monoisotopic (exact) mass is 369 g/mol. The highest BCUT2D eigenvalue weighted by Crippen LogP contribution is 2.40. The topological polar surface area (TPSA) is 92.5 Å². The van der Waals surface area contributed by atoms with Gasteiger partial charge in [0.05, 0.1) is 5.69 Å². The van der Waals surface area contributed by atoms with Crippen LogP contribution in [0.5, 0.6) is 0 Å². The van der Waals surface area contributed by atoms with Gasteiger partial charge in [-0.15, -0.1) is 10.2 Å². The van der Waals surface area contributed by atoms with Gasteiger partial charge < -0.3 is 20.8 Å². The molecule has 1 aliphatic rings. The lowest BCUT2D eigenvalue weighted by molar-refractivity contribution is 0.296. The largest absolute Gasteiger partial charge is 0.733 e. The molecular weight excluding hydrogens is 352 g/mol. The van der Waals surface area contributed by atoms with E-state index in [1.165, 1.54) is 6.07 Å². The van der Waals surface area contributed by atoms with Crippen molar-refractivity contribution in [2.75, 3.05) is 29.6 Å². The van der Waals surface area contributed by atoms with Gasteiger partial charge in [-0.3, -0.25) is 5.21 Å². The molecule has 2 heterocycles. The lowest BCUT2D eigenvalue weighted by Gasteiger charge is -2.21. The predicted molar refractivity (Wildman–Crippen MR) is 102 cm³/mol. The van der Waals surface area contributed by atoms with E-state index < -0.39 is 0 Å². The number of nitrogens with zero attached hydrogens (tertiary/aromatic N) is 5. The van der Waals surface area contributed by atoms with Crippen LogP contribution in [0, 0.1) is 5.21 Å². The second-order valence-corrected chi connectivity index (χ2v) is 7.15. The van der Waals surface area contributed by atoms with E-state index in [9.17, 15) is 5.21 Å². The minimum absolute atomic E-state index is 0.0208. The summed E-state index contributed by atoms with van der Waals surface area (Å²) in [6.45, 7) is 0. The number of hydrogen-bond acceptors (Lipinski definition) is 8. The van der Waals surface area contributed by atoms with Crippen molar-refractivity contribution in [3.63, 3.8) is 0 Å². The summed E-state index contributed by atoms with van der Waals surface area (Å²) < 4.78 is 1.81. The minimum atomic E-state index is -0.165. The summed E-state index contributed by atoms with van der Waals surface area (Å²) in [6, 6.07) is 14.9. The molecule has 0 radical (unpaired) electrons. The van der Waals surface area contributed by atoms with Crippen LogP contribution in [0.15, 0.2) is 53.7 Å². The molecule has 0 amide bonds. The van der Waals surface area contributed by atoms with E-state index in [4.69, 9.17) is 5.21 Å². The Morgan fingerprint density at radius 2 is 1.88 bits per heavy atom. The molecule has 134 valence electrons. The van der Waals surface area contributed by atoms with Gasteiger partial charge in [-0.25, -0.2) is 4.68 Å². The molecule has 0 bridgehead atoms. The molecule has 0 saturated carbocycles. The van der Waals surface area contributed by atoms with Crippen molar-refractivity contribution in [2.24, 2.45) is 0 Å². The first-order valence-electron chi connectivity index (χ1n) is 7.95. The molecule has 26 heavy (non-hydrogen) atoms. The number of thioether (sulfide) groups is 1. The lowest BCUT2D eigenvalue weighted by Crippen LogP contribution is -2.14. The molecule has 1 atom stereocenters. The van der Waals surface area contributed by atoms with Crippen LogP contribution in [0.2, 0.25) is 0 Å². The van der Waals surface area contributed by atoms with Gasteiger partial charge in [0.1, 0.15) is 5.37 Å². The first-order valence-corrected chi connectivity index (χ1v) is 8.83. The van der Waals surface area contributed by atoms with Crippen LogP contribution in [-0.2, 0) is 0 Å². The average molecular weight is 369 g/mol. The Balaban J connectivity index is 1.60. The maximum atomic E-state index is 11.1. The highest BCUT2D eigenvalue weighted by Gasteiger charge is 2.28. The van der Waals surface area contributed by atoms with E-state index in [0.717, 1.165) is 16.4 Å². The zero-order valence-corrected chi connectivity index (χ0v) is 15.0. The third-order valence-corrected chi connectivity index (χ3v) is 5.23. The SMILES string of the molecule is CN(C)c1ccc(C2Nn3c(nnc3-c3cccc(N([O-])O)c3)S2)cc1. The number of fused-ring (bicyclic) bond motifs is 1. The highest BCUT2D eigenvalue weighted by atomic mass is 32.2. The highest BCUT2D eigenvalue weighted by molar-refractivity contribution is 7.99. The van der Waals surface area contributed by atoms with Crippen LogP contribution in [0.1, 0.15) is 10.9 Å². The fourth-order valence-electron chi connectivity index (χ4n) is 2.75. The number of hydrogen-bond donors (Lipinski definition) is 2. The molecule has 0 saturated heterocycles. The summed E-state index contributed by atoms with van der Waals surface area (Å²) >= 11 is 1.57. The molecule has 2 aromatic carbocycles. The summed E-state index contributed by atoms with van der Waals surface area (Å²) in [6.07, 6.45) is 0. The fourth-order valence-corrected chi connectivity index (χ4v) is 3.75. The number of rotatable bonds is 4. The first kappa shape index (κ1) is 16.7. The van der Waals surface area contributed by atoms with E-state index in [1.807, 2.05) is 20.2 Å². The van der Waals surface area contributed by atoms with Crippen LogP contribution in [0.25, 0.3) is 11.4 Å². The molecule has 1 unspecified atom stereocenters. The van der Waals surface area contributed by atoms with Gasteiger partial charge in [0.15, 0.2) is 5.82 Å². The quantitative estimate of drug-likeness (QED) is 0.678. The van der Waals surface area contributed by atoms with E-state index in [1.54, 1.807) is 28.6 Å². The third kappa shape index (κ3) is 2.96. The Kier molecular flexibility index (Phi) is 4.19. The predicted octanol–water partition coefficient (Wildman–Crippen LogP) is 3.05. The number of anilines is 2. The molecule has 0 aliphatic carbocycles. The Hall–Kier alpha value is -2.75. The summed E-state index contributed by atoms with van der Waals surface area (Å²) in [7, 11) is 4.02. The standard InChI is InChI=1S/C17H17N6O2S/c1-21(2)13-8-6-11(7-9-13)16-20-22-15(18-19-17(22)26-16)12-4-3-5-14(10-12)23(24)25/h3-10,16,20,24H,1-2H3/q-1. The van der Waals surface area contributed by atoms with Crippen molar-refractivity contribution < 1.29 is 5.21 Å². The van der Waals surface area contributed by atoms with Crippen LogP contribution >= 0.6 is 11.8 Å². The lowest BCUT2D eigenvalue weighted by atomic mass is 10.2. The Morgan fingerprint density at radius 1 is 1.12 bits per heavy atom. The number of aromatic nitrogens is 3. The van der Waals surface area contributed by atoms with Gasteiger partial charge in [0.2, 0.25) is 5.16 Å². The molecule has 3 aromatic rings. The maximum absolute atomic E-state index is 11.1. The Morgan fingerprint density at radius 3 is 2.58 bits per heavy atom. The smallest absolute Gasteiger partial charge is 0.212 e. The van der Waals surface area contributed by atoms with Crippen LogP contribution < -0.4 is 15.6 Å². The molecule has 2 N–H and O–H groups in total. The maximum Gasteiger partial charge on any atom is 0.212 e. The van der Waals surface area contributed by atoms with E-state index in [2.05, 4.69) is 44.8 Å². The molecule has 4 rings (SSSR count). The van der Waals surface area contributed by atoms with E-state index in [-0.39, 0.29) is 16.3 Å². The van der Waals surface area contributed by atoms with Crippen molar-refractivity contribution >= 4 is 23.1 Å².